The Morgan fingerprint density at radius 3 is 0.348 bits per heavy atom. The van der Waals surface area contributed by atoms with Crippen LogP contribution in [-0.4, -0.2) is 135 Å². The fourth-order valence-electron chi connectivity index (χ4n) is 16.3. The van der Waals surface area contributed by atoms with Gasteiger partial charge < -0.3 is 0 Å². The van der Waals surface area contributed by atoms with Gasteiger partial charge >= 0.3 is 0 Å². The molecule has 27 nitrogen and oxygen atoms in total. The Bertz CT molecular complexity index is 7260. The Morgan fingerprint density at radius 2 is 0.239 bits per heavy atom. The van der Waals surface area contributed by atoms with Crippen LogP contribution in [0.25, 0.3) is 101 Å². The molecular formula is C111H69N27. The summed E-state index contributed by atoms with van der Waals surface area (Å²) in [5.41, 5.74) is 26.7. The van der Waals surface area contributed by atoms with E-state index in [1.807, 2.05) is 201 Å². The van der Waals surface area contributed by atoms with Gasteiger partial charge in [-0.15, -0.1) is 123 Å². The van der Waals surface area contributed by atoms with Crippen molar-refractivity contribution in [2.24, 2.45) is 0 Å². The average Bonchev–Trinajstić information content (AvgIpc) is 1.61. The summed E-state index contributed by atoms with van der Waals surface area (Å²) >= 11 is 0. The normalized spacial score (nSPS) is 10.8. The molecule has 0 saturated carbocycles. The first-order valence-electron chi connectivity index (χ1n) is 42.6. The number of terminal acetylenes is 12. The maximum absolute atomic E-state index is 5.86. The van der Waals surface area contributed by atoms with Gasteiger partial charge in [-0.1, -0.05) is 118 Å². The summed E-state index contributed by atoms with van der Waals surface area (Å²) in [6, 6.07) is 57.5. The third-order valence-corrected chi connectivity index (χ3v) is 22.5. The fraction of sp³-hybridized carbons (Fsp3) is 0.0811. The van der Waals surface area contributed by atoms with E-state index in [1.54, 1.807) is 78.5 Å². The molecule has 0 amide bonds. The van der Waals surface area contributed by atoms with Crippen molar-refractivity contribution in [3.05, 3.63) is 355 Å². The number of hydrogen-bond acceptors (Lipinski definition) is 18. The third kappa shape index (κ3) is 19.7. The van der Waals surface area contributed by atoms with Crippen molar-refractivity contribution >= 4 is 0 Å². The largest absolute Gasteiger partial charge is 0.247 e. The quantitative estimate of drug-likeness (QED) is 0.0433. The van der Waals surface area contributed by atoms with Crippen LogP contribution in [0, 0.1) is 148 Å². The highest BCUT2D eigenvalue weighted by Gasteiger charge is 2.23. The molecule has 648 valence electrons. The third-order valence-electron chi connectivity index (χ3n) is 22.5. The SMILES string of the molecule is C#Cc1cc(C#C)cc(Cn2cc(-c3cc(Cn4cc(-c5cc(-c6cn(Cc7cc(-c8cn(Cc9cc(C#C)cc(C#C)c9)nn8)cc(-c8cn(Cc9cc(C#C)cc(C#C)c9)nn8)c7)nn6)cc(-c6cn(Cc7cc(-c8cn(Cc9cc(C#C)cc(C#C)c9)nn8)cc(-c8cn(Cc9cc(C#C)cc(C#C)c9)nn8)c7)nn6)c5)nn4)cc(-c4cn(Cc5cc(C#C)cc(C#C)c5)nn4)c3)nn2)c1. The monoisotopic (exact) mass is 1780 g/mol. The van der Waals surface area contributed by atoms with Gasteiger partial charge in [-0.2, -0.15) is 0 Å². The van der Waals surface area contributed by atoms with E-state index in [4.69, 9.17) is 108 Å². The standard InChI is InChI=1S/C111H69N27/c1-13-73-25-74(14-2)32-85(31-73)55-130-64-103(112-121-130)94-43-91(44-95(49-94)104-65-131(122-113-104)56-86-33-75(15-3)26-76(16-4)34-86)61-136-70-109(118-127-136)100-52-101(110-71-137(128-119-110)62-92-45-96(105-66-132(123-114-105)57-87-35-77(17-5)27-78(18-6)36-87)50-97(46-92)106-67-133(124-115-106)58-88-37-79(19-7)28-80(20-8)38-88)54-102(53-100)111-72-138(129-120-111)63-93-47-98(107-68-134(125-116-107)59-89-39-81(21-9)29-82(22-10)40-89)51-99(48-93)108-69-135(126-117-108)60-90-41-83(23-11)30-84(24-12)42-90/h1-12,25-54,64-72H,55-63H2. The van der Waals surface area contributed by atoms with E-state index >= 15 is 0 Å². The topological polar surface area (TPSA) is 276 Å². The lowest BCUT2D eigenvalue weighted by Crippen LogP contribution is -2.02. The number of nitrogens with zero attached hydrogens (tertiary/aromatic N) is 27. The van der Waals surface area contributed by atoms with Gasteiger partial charge in [0.15, 0.2) is 0 Å². The van der Waals surface area contributed by atoms with Crippen LogP contribution in [-0.2, 0) is 58.9 Å². The van der Waals surface area contributed by atoms with E-state index in [0.29, 0.717) is 174 Å². The highest BCUT2D eigenvalue weighted by atomic mass is 15.5. The fourth-order valence-corrected chi connectivity index (χ4v) is 16.3. The molecule has 27 heteroatoms. The molecule has 19 aromatic rings. The van der Waals surface area contributed by atoms with Gasteiger partial charge in [0.2, 0.25) is 0 Å². The highest BCUT2D eigenvalue weighted by molar-refractivity contribution is 5.79. The average molecular weight is 1780 g/mol. The first-order valence-corrected chi connectivity index (χ1v) is 42.6. The lowest BCUT2D eigenvalue weighted by atomic mass is 10.0. The molecule has 19 rings (SSSR count). The maximum Gasteiger partial charge on any atom is 0.113 e. The van der Waals surface area contributed by atoms with E-state index in [0.717, 1.165) is 83.5 Å². The Labute approximate surface area is 793 Å². The summed E-state index contributed by atoms with van der Waals surface area (Å²) in [4.78, 5) is 0. The van der Waals surface area contributed by atoms with E-state index in [2.05, 4.69) is 133 Å². The van der Waals surface area contributed by atoms with E-state index in [1.165, 1.54) is 0 Å². The Morgan fingerprint density at radius 1 is 0.138 bits per heavy atom. The van der Waals surface area contributed by atoms with Gasteiger partial charge in [-0.05, 0) is 232 Å². The summed E-state index contributed by atoms with van der Waals surface area (Å²) in [6.45, 7) is 2.69. The molecule has 0 aliphatic rings. The second kappa shape index (κ2) is 38.1. The second-order valence-corrected chi connectivity index (χ2v) is 32.5. The molecule has 0 radical (unpaired) electrons. The van der Waals surface area contributed by atoms with Crippen LogP contribution in [0.2, 0.25) is 0 Å². The highest BCUT2D eigenvalue weighted by Crippen LogP contribution is 2.36. The number of hydrogen-bond donors (Lipinski definition) is 0. The molecule has 0 bridgehead atoms. The number of rotatable bonds is 27. The molecule has 0 spiro atoms. The first kappa shape index (κ1) is 86.6. The van der Waals surface area contributed by atoms with Gasteiger partial charge in [0.1, 0.15) is 51.2 Å². The van der Waals surface area contributed by atoms with Gasteiger partial charge in [-0.3, -0.25) is 0 Å². The van der Waals surface area contributed by atoms with E-state index < -0.39 is 0 Å². The molecule has 0 saturated heterocycles. The predicted molar refractivity (Wildman–Crippen MR) is 523 cm³/mol. The maximum atomic E-state index is 5.86. The van der Waals surface area contributed by atoms with Crippen molar-refractivity contribution in [3.63, 3.8) is 0 Å². The molecular weight excluding hydrogens is 1710 g/mol. The smallest absolute Gasteiger partial charge is 0.113 e. The molecule has 0 N–H and O–H groups in total. The molecule has 9 aromatic heterocycles. The summed E-state index contributed by atoms with van der Waals surface area (Å²) in [7, 11) is 0. The minimum Gasteiger partial charge on any atom is -0.247 e. The molecule has 138 heavy (non-hydrogen) atoms. The van der Waals surface area contributed by atoms with Crippen molar-refractivity contribution in [3.8, 4) is 249 Å². The zero-order valence-electron chi connectivity index (χ0n) is 73.4. The van der Waals surface area contributed by atoms with Crippen molar-refractivity contribution in [1.29, 1.82) is 0 Å². The van der Waals surface area contributed by atoms with Crippen molar-refractivity contribution < 1.29 is 0 Å². The summed E-state index contributed by atoms with van der Waals surface area (Å²) in [6.07, 6.45) is 87.0. The molecule has 0 aliphatic heterocycles. The number of aromatic nitrogens is 27. The van der Waals surface area contributed by atoms with Crippen molar-refractivity contribution in [2.75, 3.05) is 0 Å². The molecule has 0 fully saturated rings. The van der Waals surface area contributed by atoms with Gasteiger partial charge in [0, 0.05) is 117 Å². The predicted octanol–water partition coefficient (Wildman–Crippen LogP) is 13.2. The van der Waals surface area contributed by atoms with Gasteiger partial charge in [-0.25, -0.2) is 42.1 Å². The van der Waals surface area contributed by atoms with Crippen molar-refractivity contribution in [1.82, 2.24) is 135 Å². The van der Waals surface area contributed by atoms with Crippen LogP contribution in [0.1, 0.15) is 117 Å². The van der Waals surface area contributed by atoms with E-state index in [-0.39, 0.29) is 19.6 Å². The molecule has 0 atom stereocenters. The second-order valence-electron chi connectivity index (χ2n) is 32.5. The zero-order chi connectivity index (χ0) is 94.9. The van der Waals surface area contributed by atoms with Crippen LogP contribution >= 0.6 is 0 Å². The molecule has 0 unspecified atom stereocenters. The van der Waals surface area contributed by atoms with Crippen LogP contribution in [0.3, 0.4) is 0 Å². The Hall–Kier alpha value is -20.8. The van der Waals surface area contributed by atoms with E-state index in [9.17, 15) is 0 Å². The lowest BCUT2D eigenvalue weighted by molar-refractivity contribution is 0.649. The summed E-state index contributed by atoms with van der Waals surface area (Å²) < 4.78 is 15.6. The van der Waals surface area contributed by atoms with Crippen LogP contribution in [0.5, 0.6) is 0 Å². The van der Waals surface area contributed by atoms with Crippen LogP contribution in [0.4, 0.5) is 0 Å². The Balaban J connectivity index is 0.682. The molecule has 9 heterocycles. The van der Waals surface area contributed by atoms with Crippen LogP contribution in [0.15, 0.2) is 238 Å². The molecule has 0 aliphatic carbocycles. The number of benzene rings is 10. The Kier molecular flexibility index (Phi) is 23.9. The van der Waals surface area contributed by atoms with Crippen molar-refractivity contribution in [2.45, 2.75) is 58.9 Å². The van der Waals surface area contributed by atoms with Gasteiger partial charge in [0.25, 0.3) is 0 Å². The lowest BCUT2D eigenvalue weighted by Gasteiger charge is -2.08. The minimum atomic E-state index is 0.225. The van der Waals surface area contributed by atoms with Gasteiger partial charge in [0.05, 0.1) is 115 Å². The summed E-state index contributed by atoms with van der Waals surface area (Å²) in [5, 5.41) is 84.5. The van der Waals surface area contributed by atoms with Crippen LogP contribution < -0.4 is 0 Å². The minimum absolute atomic E-state index is 0.225. The first-order chi connectivity index (χ1) is 67.4. The molecule has 10 aromatic carbocycles. The summed E-state index contributed by atoms with van der Waals surface area (Å²) in [5.74, 6) is 32.4. The zero-order valence-corrected chi connectivity index (χ0v) is 73.4.